The molecule has 6 nitrogen and oxygen atoms in total. The van der Waals surface area contributed by atoms with Crippen LogP contribution in [0.1, 0.15) is 24.2 Å². The number of amides is 1. The van der Waals surface area contributed by atoms with Crippen molar-refractivity contribution in [3.8, 4) is 17.2 Å². The molecule has 0 aliphatic rings. The van der Waals surface area contributed by atoms with Crippen LogP contribution in [-0.2, 0) is 0 Å². The molecule has 128 valence electrons. The number of hydrogen-bond donors (Lipinski definition) is 2. The Balaban J connectivity index is 2.24. The molecule has 24 heavy (non-hydrogen) atoms. The number of methoxy groups -OCH3 is 2. The molecule has 0 spiro atoms. The molecular weight excluding hydrogens is 308 g/mol. The number of anilines is 2. The fourth-order valence-corrected chi connectivity index (χ4v) is 2.13. The first-order valence-corrected chi connectivity index (χ1v) is 7.54. The van der Waals surface area contributed by atoms with Crippen LogP contribution in [0.15, 0.2) is 36.4 Å². The molecule has 0 aliphatic carbocycles. The number of hydrogen-bond acceptors (Lipinski definition) is 5. The molecule has 0 bridgehead atoms. The van der Waals surface area contributed by atoms with E-state index < -0.39 is 0 Å². The number of carbonyl (C=O) groups excluding carboxylic acids is 1. The van der Waals surface area contributed by atoms with Gasteiger partial charge in [0.25, 0.3) is 5.91 Å². The topological polar surface area (TPSA) is 82.8 Å². The molecule has 0 fully saturated rings. The summed E-state index contributed by atoms with van der Waals surface area (Å²) in [5.74, 6) is 1.39. The van der Waals surface area contributed by atoms with Gasteiger partial charge in [0.1, 0.15) is 5.75 Å². The van der Waals surface area contributed by atoms with Crippen LogP contribution in [0.4, 0.5) is 11.4 Å². The summed E-state index contributed by atoms with van der Waals surface area (Å²) in [5, 5.41) is 2.77. The minimum absolute atomic E-state index is 0.00941. The largest absolute Gasteiger partial charge is 0.497 e. The van der Waals surface area contributed by atoms with Crippen molar-refractivity contribution in [3.63, 3.8) is 0 Å². The molecule has 2 aromatic rings. The molecule has 0 atom stereocenters. The smallest absolute Gasteiger partial charge is 0.255 e. The first-order chi connectivity index (χ1) is 11.4. The Bertz CT molecular complexity index is 729. The van der Waals surface area contributed by atoms with Crippen molar-refractivity contribution in [2.24, 2.45) is 0 Å². The molecular formula is C18H22N2O4. The molecule has 0 saturated carbocycles. The minimum atomic E-state index is -0.302. The van der Waals surface area contributed by atoms with Gasteiger partial charge < -0.3 is 25.3 Å². The first-order valence-electron chi connectivity index (χ1n) is 7.54. The van der Waals surface area contributed by atoms with Crippen molar-refractivity contribution in [3.05, 3.63) is 42.0 Å². The molecule has 2 aromatic carbocycles. The zero-order valence-electron chi connectivity index (χ0n) is 14.3. The summed E-state index contributed by atoms with van der Waals surface area (Å²) in [7, 11) is 3.08. The maximum absolute atomic E-state index is 12.5. The second-order valence-corrected chi connectivity index (χ2v) is 5.44. The number of carbonyl (C=O) groups is 1. The summed E-state index contributed by atoms with van der Waals surface area (Å²) < 4.78 is 16.1. The predicted molar refractivity (Wildman–Crippen MR) is 94.1 cm³/mol. The van der Waals surface area contributed by atoms with E-state index in [1.54, 1.807) is 43.5 Å². The van der Waals surface area contributed by atoms with Gasteiger partial charge in [0.05, 0.1) is 31.7 Å². The van der Waals surface area contributed by atoms with Crippen LogP contribution in [0.3, 0.4) is 0 Å². The lowest BCUT2D eigenvalue weighted by molar-refractivity contribution is 0.102. The molecule has 0 aromatic heterocycles. The van der Waals surface area contributed by atoms with Gasteiger partial charge in [-0.2, -0.15) is 0 Å². The third-order valence-corrected chi connectivity index (χ3v) is 3.30. The molecule has 0 aliphatic heterocycles. The molecule has 0 radical (unpaired) electrons. The first kappa shape index (κ1) is 17.5. The zero-order chi connectivity index (χ0) is 17.7. The highest BCUT2D eigenvalue weighted by molar-refractivity contribution is 6.06. The van der Waals surface area contributed by atoms with Crippen molar-refractivity contribution in [2.45, 2.75) is 20.0 Å². The Morgan fingerprint density at radius 1 is 1.04 bits per heavy atom. The van der Waals surface area contributed by atoms with Crippen molar-refractivity contribution in [1.29, 1.82) is 0 Å². The lowest BCUT2D eigenvalue weighted by Gasteiger charge is -2.15. The Morgan fingerprint density at radius 2 is 1.79 bits per heavy atom. The van der Waals surface area contributed by atoms with Crippen LogP contribution in [0, 0.1) is 0 Å². The summed E-state index contributed by atoms with van der Waals surface area (Å²) in [6.45, 7) is 3.84. The standard InChI is InChI=1S/C18H22N2O4/c1-11(2)24-16-8-5-12(9-17(16)23-4)18(21)20-15-10-13(22-3)6-7-14(15)19/h5-11H,19H2,1-4H3,(H,20,21). The number of nitrogens with one attached hydrogen (secondary N) is 1. The van der Waals surface area contributed by atoms with Crippen LogP contribution in [0.5, 0.6) is 17.2 Å². The number of nitrogen functional groups attached to an aromatic ring is 1. The fourth-order valence-electron chi connectivity index (χ4n) is 2.13. The van der Waals surface area contributed by atoms with E-state index in [9.17, 15) is 4.79 Å². The summed E-state index contributed by atoms with van der Waals surface area (Å²) in [6, 6.07) is 10.1. The Morgan fingerprint density at radius 3 is 2.42 bits per heavy atom. The minimum Gasteiger partial charge on any atom is -0.497 e. The monoisotopic (exact) mass is 330 g/mol. The van der Waals surface area contributed by atoms with E-state index >= 15 is 0 Å². The summed E-state index contributed by atoms with van der Waals surface area (Å²) >= 11 is 0. The third-order valence-electron chi connectivity index (χ3n) is 3.30. The number of rotatable bonds is 6. The lowest BCUT2D eigenvalue weighted by Crippen LogP contribution is -2.14. The average molecular weight is 330 g/mol. The molecule has 0 saturated heterocycles. The van der Waals surface area contributed by atoms with E-state index in [1.807, 2.05) is 13.8 Å². The molecule has 1 amide bonds. The molecule has 6 heteroatoms. The highest BCUT2D eigenvalue weighted by Crippen LogP contribution is 2.30. The van der Waals surface area contributed by atoms with Gasteiger partial charge in [0.15, 0.2) is 11.5 Å². The van der Waals surface area contributed by atoms with Crippen molar-refractivity contribution < 1.29 is 19.0 Å². The van der Waals surface area contributed by atoms with Crippen LogP contribution in [0.25, 0.3) is 0 Å². The fraction of sp³-hybridized carbons (Fsp3) is 0.278. The normalized spacial score (nSPS) is 10.4. The van der Waals surface area contributed by atoms with Crippen LogP contribution >= 0.6 is 0 Å². The summed E-state index contributed by atoms with van der Waals surface area (Å²) in [5.41, 5.74) is 7.27. The van der Waals surface area contributed by atoms with E-state index in [-0.39, 0.29) is 12.0 Å². The highest BCUT2D eigenvalue weighted by Gasteiger charge is 2.13. The maximum atomic E-state index is 12.5. The van der Waals surface area contributed by atoms with Crippen molar-refractivity contribution in [1.82, 2.24) is 0 Å². The summed E-state index contributed by atoms with van der Waals surface area (Å²) in [6.07, 6.45) is 0.00941. The predicted octanol–water partition coefficient (Wildman–Crippen LogP) is 3.33. The van der Waals surface area contributed by atoms with Gasteiger partial charge in [-0.15, -0.1) is 0 Å². The Labute approximate surface area is 141 Å². The molecule has 3 N–H and O–H groups in total. The van der Waals surface area contributed by atoms with Crippen LogP contribution < -0.4 is 25.3 Å². The average Bonchev–Trinajstić information content (AvgIpc) is 2.56. The van der Waals surface area contributed by atoms with Crippen molar-refractivity contribution in [2.75, 3.05) is 25.3 Å². The lowest BCUT2D eigenvalue weighted by atomic mass is 10.1. The quantitative estimate of drug-likeness (QED) is 0.794. The zero-order valence-corrected chi connectivity index (χ0v) is 14.3. The number of nitrogens with two attached hydrogens (primary N) is 1. The van der Waals surface area contributed by atoms with Gasteiger partial charge in [-0.1, -0.05) is 0 Å². The van der Waals surface area contributed by atoms with Gasteiger partial charge in [0, 0.05) is 11.6 Å². The number of ether oxygens (including phenoxy) is 3. The van der Waals surface area contributed by atoms with Crippen LogP contribution in [-0.4, -0.2) is 26.2 Å². The van der Waals surface area contributed by atoms with E-state index in [0.29, 0.717) is 34.2 Å². The van der Waals surface area contributed by atoms with Crippen LogP contribution in [0.2, 0.25) is 0 Å². The van der Waals surface area contributed by atoms with Gasteiger partial charge >= 0.3 is 0 Å². The van der Waals surface area contributed by atoms with Gasteiger partial charge in [0.2, 0.25) is 0 Å². The summed E-state index contributed by atoms with van der Waals surface area (Å²) in [4.78, 5) is 12.5. The molecule has 0 heterocycles. The molecule has 0 unspecified atom stereocenters. The van der Waals surface area contributed by atoms with Crippen molar-refractivity contribution >= 4 is 17.3 Å². The SMILES string of the molecule is COc1ccc(N)c(NC(=O)c2ccc(OC(C)C)c(OC)c2)c1. The third kappa shape index (κ3) is 4.10. The Kier molecular flexibility index (Phi) is 5.52. The Hall–Kier alpha value is -2.89. The van der Waals surface area contributed by atoms with E-state index in [0.717, 1.165) is 0 Å². The number of benzene rings is 2. The van der Waals surface area contributed by atoms with Gasteiger partial charge in [-0.05, 0) is 44.2 Å². The van der Waals surface area contributed by atoms with E-state index in [1.165, 1.54) is 7.11 Å². The van der Waals surface area contributed by atoms with E-state index in [2.05, 4.69) is 5.32 Å². The second kappa shape index (κ2) is 7.59. The second-order valence-electron chi connectivity index (χ2n) is 5.44. The maximum Gasteiger partial charge on any atom is 0.255 e. The van der Waals surface area contributed by atoms with Gasteiger partial charge in [-0.3, -0.25) is 4.79 Å². The van der Waals surface area contributed by atoms with Gasteiger partial charge in [-0.25, -0.2) is 0 Å². The molecule has 2 rings (SSSR count). The van der Waals surface area contributed by atoms with E-state index in [4.69, 9.17) is 19.9 Å². The highest BCUT2D eigenvalue weighted by atomic mass is 16.5.